The van der Waals surface area contributed by atoms with Gasteiger partial charge in [-0.2, -0.15) is 4.31 Å². The summed E-state index contributed by atoms with van der Waals surface area (Å²) in [6.07, 6.45) is 0.357. The van der Waals surface area contributed by atoms with Gasteiger partial charge in [0, 0.05) is 24.0 Å². The summed E-state index contributed by atoms with van der Waals surface area (Å²) in [5.41, 5.74) is 5.44. The van der Waals surface area contributed by atoms with E-state index in [9.17, 15) is 8.42 Å². The van der Waals surface area contributed by atoms with Gasteiger partial charge in [-0.25, -0.2) is 8.42 Å². The Hall–Kier alpha value is -0.500. The Labute approximate surface area is 121 Å². The van der Waals surface area contributed by atoms with Crippen LogP contribution in [-0.4, -0.2) is 30.8 Å². The van der Waals surface area contributed by atoms with Crippen molar-refractivity contribution in [2.75, 3.05) is 7.05 Å². The third-order valence-corrected chi connectivity index (χ3v) is 5.76. The highest BCUT2D eigenvalue weighted by Gasteiger charge is 2.27. The summed E-state index contributed by atoms with van der Waals surface area (Å²) in [7, 11) is -2.02. The van der Waals surface area contributed by atoms with Crippen LogP contribution in [0.1, 0.15) is 13.3 Å². The number of sulfonamides is 1. The van der Waals surface area contributed by atoms with E-state index in [0.717, 1.165) is 0 Å². The Morgan fingerprint density at radius 3 is 2.56 bits per heavy atom. The molecule has 0 saturated heterocycles. The third kappa shape index (κ3) is 3.50. The van der Waals surface area contributed by atoms with Gasteiger partial charge in [-0.15, -0.1) is 0 Å². The predicted octanol–water partition coefficient (Wildman–Crippen LogP) is 2.13. The van der Waals surface area contributed by atoms with Gasteiger partial charge in [-0.3, -0.25) is 0 Å². The number of hydrogen-bond acceptors (Lipinski definition) is 3. The lowest BCUT2D eigenvalue weighted by Crippen LogP contribution is -2.37. The van der Waals surface area contributed by atoms with E-state index in [2.05, 4.69) is 15.9 Å². The van der Waals surface area contributed by atoms with E-state index in [1.165, 1.54) is 11.4 Å². The van der Waals surface area contributed by atoms with Crippen LogP contribution in [0, 0.1) is 0 Å². The molecule has 100 valence electrons. The van der Waals surface area contributed by atoms with Gasteiger partial charge < -0.3 is 5.73 Å². The number of rotatable bonds is 5. The lowest BCUT2D eigenvalue weighted by Gasteiger charge is -2.24. The zero-order valence-electron chi connectivity index (χ0n) is 10.1. The van der Waals surface area contributed by atoms with E-state index in [-0.39, 0.29) is 10.9 Å². The maximum absolute atomic E-state index is 12.4. The molecule has 18 heavy (non-hydrogen) atoms. The summed E-state index contributed by atoms with van der Waals surface area (Å²) in [6.45, 7) is 1.77. The smallest absolute Gasteiger partial charge is 0.244 e. The van der Waals surface area contributed by atoms with E-state index in [0.29, 0.717) is 15.9 Å². The molecule has 4 nitrogen and oxygen atoms in total. The molecular weight excluding hydrogens is 336 g/mol. The van der Waals surface area contributed by atoms with E-state index >= 15 is 0 Å². The first-order valence-corrected chi connectivity index (χ1v) is 7.92. The van der Waals surface area contributed by atoms with Gasteiger partial charge in [0.25, 0.3) is 0 Å². The van der Waals surface area contributed by atoms with Gasteiger partial charge >= 0.3 is 0 Å². The largest absolute Gasteiger partial charge is 0.393 e. The second-order valence-electron chi connectivity index (χ2n) is 3.97. The van der Waals surface area contributed by atoms with Crippen LogP contribution in [0.4, 0.5) is 0 Å². The number of nitrogens with two attached hydrogens (primary N) is 1. The predicted molar refractivity (Wildman–Crippen MR) is 80.0 cm³/mol. The van der Waals surface area contributed by atoms with Crippen molar-refractivity contribution < 1.29 is 8.42 Å². The number of hydrogen-bond donors (Lipinski definition) is 1. The second kappa shape index (κ2) is 6.10. The number of halogens is 1. The molecule has 1 unspecified atom stereocenters. The molecule has 0 aliphatic heterocycles. The molecule has 0 bridgehead atoms. The highest BCUT2D eigenvalue weighted by molar-refractivity contribution is 9.10. The van der Waals surface area contributed by atoms with E-state index < -0.39 is 10.0 Å². The standard InChI is InChI=1S/C11H15BrN2O2S2/c1-8(7-11(13)17)14(2)18(15,16)10-6-4-3-5-9(10)12/h3-6,8H,7H2,1-2H3,(H2,13,17). The first-order valence-electron chi connectivity index (χ1n) is 5.27. The first-order chi connectivity index (χ1) is 8.26. The lowest BCUT2D eigenvalue weighted by molar-refractivity contribution is 0.397. The van der Waals surface area contributed by atoms with Gasteiger partial charge in [0.1, 0.15) is 0 Å². The maximum Gasteiger partial charge on any atom is 0.244 e. The molecule has 1 atom stereocenters. The van der Waals surface area contributed by atoms with E-state index in [4.69, 9.17) is 18.0 Å². The Balaban J connectivity index is 3.08. The second-order valence-corrected chi connectivity index (χ2v) is 7.32. The van der Waals surface area contributed by atoms with Gasteiger partial charge in [0.15, 0.2) is 0 Å². The molecule has 0 aliphatic carbocycles. The normalized spacial score (nSPS) is 13.6. The zero-order chi connectivity index (χ0) is 13.9. The number of benzene rings is 1. The number of thiocarbonyl (C=S) groups is 1. The van der Waals surface area contributed by atoms with Crippen molar-refractivity contribution in [2.45, 2.75) is 24.3 Å². The molecule has 0 fully saturated rings. The van der Waals surface area contributed by atoms with Crippen molar-refractivity contribution >= 4 is 43.2 Å². The highest BCUT2D eigenvalue weighted by atomic mass is 79.9. The van der Waals surface area contributed by atoms with Crippen LogP contribution in [-0.2, 0) is 10.0 Å². The van der Waals surface area contributed by atoms with Crippen molar-refractivity contribution in [1.29, 1.82) is 0 Å². The van der Waals surface area contributed by atoms with Gasteiger partial charge in [-0.1, -0.05) is 24.4 Å². The summed E-state index contributed by atoms with van der Waals surface area (Å²) < 4.78 is 26.6. The van der Waals surface area contributed by atoms with E-state index in [1.807, 2.05) is 0 Å². The minimum atomic E-state index is -3.54. The Kier molecular flexibility index (Phi) is 5.27. The Morgan fingerprint density at radius 1 is 1.50 bits per heavy atom. The minimum absolute atomic E-state index is 0.238. The molecule has 1 aromatic carbocycles. The van der Waals surface area contributed by atoms with Crippen LogP contribution in [0.2, 0.25) is 0 Å². The summed E-state index contributed by atoms with van der Waals surface area (Å²) in [4.78, 5) is 0.541. The average molecular weight is 351 g/mol. The van der Waals surface area contributed by atoms with Gasteiger partial charge in [-0.05, 0) is 35.0 Å². The van der Waals surface area contributed by atoms with Crippen molar-refractivity contribution in [3.05, 3.63) is 28.7 Å². The average Bonchev–Trinajstić information content (AvgIpc) is 2.27. The minimum Gasteiger partial charge on any atom is -0.393 e. The topological polar surface area (TPSA) is 63.4 Å². The van der Waals surface area contributed by atoms with Crippen LogP contribution in [0.15, 0.2) is 33.6 Å². The number of nitrogens with zero attached hydrogens (tertiary/aromatic N) is 1. The molecule has 2 N–H and O–H groups in total. The fraction of sp³-hybridized carbons (Fsp3) is 0.364. The van der Waals surface area contributed by atoms with Crippen LogP contribution in [0.5, 0.6) is 0 Å². The molecular formula is C11H15BrN2O2S2. The molecule has 0 radical (unpaired) electrons. The molecule has 0 aliphatic rings. The molecule has 1 rings (SSSR count). The van der Waals surface area contributed by atoms with Crippen molar-refractivity contribution in [2.24, 2.45) is 5.73 Å². The fourth-order valence-corrected chi connectivity index (χ4v) is 4.03. The Morgan fingerprint density at radius 2 is 2.06 bits per heavy atom. The fourth-order valence-electron chi connectivity index (χ4n) is 1.47. The molecule has 7 heteroatoms. The van der Waals surface area contributed by atoms with Crippen LogP contribution in [0.3, 0.4) is 0 Å². The Bertz CT molecular complexity index is 546. The zero-order valence-corrected chi connectivity index (χ0v) is 13.3. The van der Waals surface area contributed by atoms with Crippen molar-refractivity contribution in [3.63, 3.8) is 0 Å². The van der Waals surface area contributed by atoms with E-state index in [1.54, 1.807) is 31.2 Å². The maximum atomic E-state index is 12.4. The SMILES string of the molecule is CC(CC(N)=S)N(C)S(=O)(=O)c1ccccc1Br. The highest BCUT2D eigenvalue weighted by Crippen LogP contribution is 2.25. The third-order valence-electron chi connectivity index (χ3n) is 2.61. The van der Waals surface area contributed by atoms with Gasteiger partial charge in [0.05, 0.1) is 9.88 Å². The summed E-state index contributed by atoms with van der Waals surface area (Å²) in [5.74, 6) is 0. The monoisotopic (exact) mass is 350 g/mol. The molecule has 0 aromatic heterocycles. The molecule has 1 aromatic rings. The van der Waals surface area contributed by atoms with Crippen LogP contribution in [0.25, 0.3) is 0 Å². The van der Waals surface area contributed by atoms with Crippen LogP contribution >= 0.6 is 28.1 Å². The summed E-state index contributed by atoms with van der Waals surface area (Å²) in [5, 5.41) is 0. The molecule has 0 heterocycles. The quantitative estimate of drug-likeness (QED) is 0.826. The first kappa shape index (κ1) is 15.6. The van der Waals surface area contributed by atoms with Crippen LogP contribution < -0.4 is 5.73 Å². The molecule has 0 amide bonds. The molecule has 0 spiro atoms. The summed E-state index contributed by atoms with van der Waals surface area (Å²) >= 11 is 8.05. The summed E-state index contributed by atoms with van der Waals surface area (Å²) in [6, 6.07) is 6.42. The van der Waals surface area contributed by atoms with Gasteiger partial charge in [0.2, 0.25) is 10.0 Å². The lowest BCUT2D eigenvalue weighted by atomic mass is 10.2. The molecule has 0 saturated carbocycles. The van der Waals surface area contributed by atoms with Crippen molar-refractivity contribution in [3.8, 4) is 0 Å². The van der Waals surface area contributed by atoms with Crippen molar-refractivity contribution in [1.82, 2.24) is 4.31 Å².